The molecule has 1 aliphatic carbocycles. The number of methoxy groups -OCH3 is 1. The van der Waals surface area contributed by atoms with Gasteiger partial charge in [0, 0.05) is 31.5 Å². The quantitative estimate of drug-likeness (QED) is 0.640. The lowest BCUT2D eigenvalue weighted by atomic mass is 9.86. The largest absolute Gasteiger partial charge is 0.420 e. The molecule has 1 aromatic heterocycles. The van der Waals surface area contributed by atoms with Crippen LogP contribution >= 0.6 is 0 Å². The van der Waals surface area contributed by atoms with Crippen LogP contribution in [0.1, 0.15) is 39.5 Å². The highest BCUT2D eigenvalue weighted by Crippen LogP contribution is 2.26. The summed E-state index contributed by atoms with van der Waals surface area (Å²) >= 11 is 0. The van der Waals surface area contributed by atoms with Crippen molar-refractivity contribution in [2.45, 2.75) is 57.4 Å². The van der Waals surface area contributed by atoms with Crippen molar-refractivity contribution < 1.29 is 17.6 Å². The lowest BCUT2D eigenvalue weighted by Gasteiger charge is -2.29. The molecule has 1 saturated carbocycles. The summed E-state index contributed by atoms with van der Waals surface area (Å²) in [5.41, 5.74) is 2.23. The first-order valence-corrected chi connectivity index (χ1v) is 11.7. The molecule has 1 heterocycles. The molecule has 2 aromatic rings. The first-order valence-electron chi connectivity index (χ1n) is 10.2. The fourth-order valence-electron chi connectivity index (χ4n) is 3.69. The molecule has 1 aromatic carbocycles. The van der Waals surface area contributed by atoms with Crippen LogP contribution in [0.25, 0.3) is 11.1 Å². The number of fused-ring (bicyclic) bond motifs is 1. The van der Waals surface area contributed by atoms with Crippen molar-refractivity contribution in [3.63, 3.8) is 0 Å². The van der Waals surface area contributed by atoms with E-state index in [9.17, 15) is 13.2 Å². The third kappa shape index (κ3) is 5.40. The number of ether oxygens (including phenoxy) is 1. The van der Waals surface area contributed by atoms with Crippen LogP contribution < -0.4 is 15.8 Å². The van der Waals surface area contributed by atoms with Gasteiger partial charge in [0.15, 0.2) is 5.58 Å². The molecule has 29 heavy (non-hydrogen) atoms. The molecule has 1 fully saturated rings. The van der Waals surface area contributed by atoms with Gasteiger partial charge in [-0.25, -0.2) is 17.9 Å². The van der Waals surface area contributed by atoms with Crippen LogP contribution in [0.15, 0.2) is 27.4 Å². The van der Waals surface area contributed by atoms with E-state index >= 15 is 0 Å². The fraction of sp³-hybridized carbons (Fsp3) is 0.650. The van der Waals surface area contributed by atoms with Crippen molar-refractivity contribution in [1.82, 2.24) is 9.29 Å². The molecule has 0 radical (unpaired) electrons. The third-order valence-electron chi connectivity index (χ3n) is 5.58. The van der Waals surface area contributed by atoms with Gasteiger partial charge in [-0.2, -0.15) is 0 Å². The molecular weight excluding hydrogens is 394 g/mol. The van der Waals surface area contributed by atoms with Crippen LogP contribution in [-0.4, -0.2) is 44.5 Å². The zero-order chi connectivity index (χ0) is 21.0. The van der Waals surface area contributed by atoms with E-state index in [0.29, 0.717) is 24.7 Å². The van der Waals surface area contributed by atoms with E-state index in [0.717, 1.165) is 43.4 Å². The van der Waals surface area contributed by atoms with Gasteiger partial charge in [0.1, 0.15) is 0 Å². The van der Waals surface area contributed by atoms with E-state index in [1.807, 2.05) is 18.2 Å². The Labute approximate surface area is 171 Å². The number of sulfonamides is 1. The van der Waals surface area contributed by atoms with Crippen LogP contribution in [0.3, 0.4) is 0 Å². The molecule has 0 atom stereocenters. The van der Waals surface area contributed by atoms with Crippen LogP contribution in [0.4, 0.5) is 5.69 Å². The summed E-state index contributed by atoms with van der Waals surface area (Å²) in [4.78, 5) is 12.0. The maximum Gasteiger partial charge on any atom is 0.420 e. The minimum atomic E-state index is -3.21. The number of anilines is 1. The van der Waals surface area contributed by atoms with Gasteiger partial charge in [-0.05, 0) is 57.6 Å². The molecule has 0 bridgehead atoms. The SMILES string of the molecule is COCCn1c(=O)oc2cc(NCC3CCC(NS(=O)(=O)C(C)C)CC3)ccc21. The Bertz CT molecular complexity index is 972. The van der Waals surface area contributed by atoms with Gasteiger partial charge in [0.05, 0.1) is 23.9 Å². The second kappa shape index (κ2) is 9.32. The van der Waals surface area contributed by atoms with Gasteiger partial charge >= 0.3 is 5.76 Å². The second-order valence-electron chi connectivity index (χ2n) is 8.01. The van der Waals surface area contributed by atoms with Crippen LogP contribution in [0, 0.1) is 5.92 Å². The summed E-state index contributed by atoms with van der Waals surface area (Å²) in [6, 6.07) is 5.72. The molecular formula is C20H31N3O5S. The Kier molecular flexibility index (Phi) is 7.02. The molecule has 162 valence electrons. The predicted molar refractivity (Wildman–Crippen MR) is 114 cm³/mol. The Morgan fingerprint density at radius 3 is 2.62 bits per heavy atom. The molecule has 0 amide bonds. The molecule has 2 N–H and O–H groups in total. The smallest absolute Gasteiger partial charge is 0.408 e. The van der Waals surface area contributed by atoms with Crippen LogP contribution in [0.5, 0.6) is 0 Å². The van der Waals surface area contributed by atoms with Crippen molar-refractivity contribution in [3.05, 3.63) is 28.7 Å². The zero-order valence-corrected chi connectivity index (χ0v) is 18.1. The van der Waals surface area contributed by atoms with Gasteiger partial charge in [-0.3, -0.25) is 4.57 Å². The number of oxazole rings is 1. The zero-order valence-electron chi connectivity index (χ0n) is 17.3. The molecule has 3 rings (SSSR count). The van der Waals surface area contributed by atoms with E-state index in [-0.39, 0.29) is 11.8 Å². The van der Waals surface area contributed by atoms with E-state index in [1.54, 1.807) is 25.5 Å². The van der Waals surface area contributed by atoms with E-state index in [1.165, 1.54) is 0 Å². The summed E-state index contributed by atoms with van der Waals surface area (Å²) in [7, 11) is -1.61. The van der Waals surface area contributed by atoms with Gasteiger partial charge in [-0.1, -0.05) is 0 Å². The second-order valence-corrected chi connectivity index (χ2v) is 10.3. The summed E-state index contributed by atoms with van der Waals surface area (Å²) in [6.45, 7) is 5.11. The monoisotopic (exact) mass is 425 g/mol. The van der Waals surface area contributed by atoms with E-state index < -0.39 is 15.3 Å². The van der Waals surface area contributed by atoms with Gasteiger partial charge in [-0.15, -0.1) is 0 Å². The average molecular weight is 426 g/mol. The van der Waals surface area contributed by atoms with Gasteiger partial charge < -0.3 is 14.5 Å². The average Bonchev–Trinajstić information content (AvgIpc) is 2.99. The summed E-state index contributed by atoms with van der Waals surface area (Å²) in [5.74, 6) is 0.111. The molecule has 0 spiro atoms. The summed E-state index contributed by atoms with van der Waals surface area (Å²) < 4.78 is 38.8. The lowest BCUT2D eigenvalue weighted by molar-refractivity contribution is 0.186. The third-order valence-corrected chi connectivity index (χ3v) is 7.48. The van der Waals surface area contributed by atoms with Crippen LogP contribution in [-0.2, 0) is 21.3 Å². The van der Waals surface area contributed by atoms with E-state index in [4.69, 9.17) is 9.15 Å². The van der Waals surface area contributed by atoms with Gasteiger partial charge in [0.25, 0.3) is 0 Å². The number of hydrogen-bond acceptors (Lipinski definition) is 6. The number of aromatic nitrogens is 1. The number of hydrogen-bond donors (Lipinski definition) is 2. The molecule has 0 aliphatic heterocycles. The molecule has 9 heteroatoms. The van der Waals surface area contributed by atoms with Crippen molar-refractivity contribution in [3.8, 4) is 0 Å². The molecule has 8 nitrogen and oxygen atoms in total. The highest BCUT2D eigenvalue weighted by atomic mass is 32.2. The van der Waals surface area contributed by atoms with Crippen molar-refractivity contribution in [1.29, 1.82) is 0 Å². The van der Waals surface area contributed by atoms with Crippen LogP contribution in [0.2, 0.25) is 0 Å². The van der Waals surface area contributed by atoms with Gasteiger partial charge in [0.2, 0.25) is 10.0 Å². The summed E-state index contributed by atoms with van der Waals surface area (Å²) in [6.07, 6.45) is 3.66. The standard InChI is InChI=1S/C20H31N3O5S/c1-14(2)29(25,26)22-16-6-4-15(5-7-16)13-21-17-8-9-18-19(12-17)28-20(24)23(18)10-11-27-3/h8-9,12,14-16,21-22H,4-7,10-11,13H2,1-3H3. The number of nitrogens with zero attached hydrogens (tertiary/aromatic N) is 1. The Morgan fingerprint density at radius 1 is 1.24 bits per heavy atom. The minimum absolute atomic E-state index is 0.0381. The van der Waals surface area contributed by atoms with E-state index in [2.05, 4.69) is 10.0 Å². The topological polar surface area (TPSA) is 103 Å². The Balaban J connectivity index is 1.53. The fourth-order valence-corrected chi connectivity index (χ4v) is 4.66. The number of benzene rings is 1. The summed E-state index contributed by atoms with van der Waals surface area (Å²) in [5, 5.41) is 3.02. The molecule has 1 aliphatic rings. The normalized spacial score (nSPS) is 20.4. The molecule has 0 saturated heterocycles. The van der Waals surface area contributed by atoms with Crippen molar-refractivity contribution in [2.24, 2.45) is 5.92 Å². The van der Waals surface area contributed by atoms with Crippen molar-refractivity contribution in [2.75, 3.05) is 25.6 Å². The number of rotatable bonds is 9. The number of nitrogens with one attached hydrogen (secondary N) is 2. The first-order chi connectivity index (χ1) is 13.8. The highest BCUT2D eigenvalue weighted by Gasteiger charge is 2.26. The minimum Gasteiger partial charge on any atom is -0.408 e. The Hall–Kier alpha value is -1.84. The highest BCUT2D eigenvalue weighted by molar-refractivity contribution is 7.90. The van der Waals surface area contributed by atoms with Crippen molar-refractivity contribution >= 4 is 26.8 Å². The maximum atomic E-state index is 12.0. The predicted octanol–water partition coefficient (Wildman–Crippen LogP) is 2.54. The first kappa shape index (κ1) is 21.9. The Morgan fingerprint density at radius 2 is 1.97 bits per heavy atom. The molecule has 0 unspecified atom stereocenters. The lowest BCUT2D eigenvalue weighted by Crippen LogP contribution is -2.41. The maximum absolute atomic E-state index is 12.0.